The van der Waals surface area contributed by atoms with Crippen LogP contribution in [-0.4, -0.2) is 29.8 Å². The molecule has 0 saturated carbocycles. The van der Waals surface area contributed by atoms with Gasteiger partial charge in [0.2, 0.25) is 0 Å². The van der Waals surface area contributed by atoms with Gasteiger partial charge in [-0.15, -0.1) is 0 Å². The maximum Gasteiger partial charge on any atom is 0.256 e. The van der Waals surface area contributed by atoms with Crippen LogP contribution in [0.3, 0.4) is 0 Å². The van der Waals surface area contributed by atoms with Gasteiger partial charge < -0.3 is 10.2 Å². The Morgan fingerprint density at radius 2 is 1.63 bits per heavy atom. The molecule has 0 atom stereocenters. The average Bonchev–Trinajstić information content (AvgIpc) is 3.23. The monoisotopic (exact) mass is 470 g/mol. The Bertz CT molecular complexity index is 1020. The van der Waals surface area contributed by atoms with E-state index in [1.165, 1.54) is 0 Å². The van der Waals surface area contributed by atoms with Gasteiger partial charge in [-0.1, -0.05) is 36.4 Å². The lowest BCUT2D eigenvalue weighted by Crippen LogP contribution is -2.29. The summed E-state index contributed by atoms with van der Waals surface area (Å²) in [5, 5.41) is 4.87. The van der Waals surface area contributed by atoms with Crippen LogP contribution in [0.2, 0.25) is 0 Å². The van der Waals surface area contributed by atoms with Gasteiger partial charge in [0.25, 0.3) is 11.8 Å². The number of hydrogen-bond donors (Lipinski definition) is 1. The minimum absolute atomic E-state index is 0.0146. The van der Waals surface area contributed by atoms with Crippen LogP contribution in [0.25, 0.3) is 10.8 Å². The van der Waals surface area contributed by atoms with Gasteiger partial charge in [-0.25, -0.2) is 0 Å². The number of hydrogen-bond acceptors (Lipinski definition) is 2. The summed E-state index contributed by atoms with van der Waals surface area (Å²) in [6.07, 6.45) is 2.07. The Balaban J connectivity index is 1.68. The SMILES string of the molecule is O=C(Nc1ccc(I)cc1C(=O)N1CCCC1)c1cccc2ccccc12. The fraction of sp³-hybridized carbons (Fsp3) is 0.182. The van der Waals surface area contributed by atoms with Crippen molar-refractivity contribution >= 4 is 50.9 Å². The smallest absolute Gasteiger partial charge is 0.256 e. The molecule has 3 aromatic rings. The highest BCUT2D eigenvalue weighted by Gasteiger charge is 2.23. The molecule has 1 saturated heterocycles. The van der Waals surface area contributed by atoms with E-state index in [-0.39, 0.29) is 11.8 Å². The van der Waals surface area contributed by atoms with E-state index in [1.807, 2.05) is 65.6 Å². The van der Waals surface area contributed by atoms with E-state index in [0.29, 0.717) is 16.8 Å². The summed E-state index contributed by atoms with van der Waals surface area (Å²) < 4.78 is 0.971. The molecule has 4 rings (SSSR count). The first-order valence-corrected chi connectivity index (χ1v) is 10.1. The van der Waals surface area contributed by atoms with Crippen LogP contribution in [0.5, 0.6) is 0 Å². The van der Waals surface area contributed by atoms with Gasteiger partial charge in [0.1, 0.15) is 0 Å². The first kappa shape index (κ1) is 18.0. The van der Waals surface area contributed by atoms with Crippen molar-refractivity contribution in [3.05, 3.63) is 75.4 Å². The molecule has 5 heteroatoms. The number of fused-ring (bicyclic) bond motifs is 1. The van der Waals surface area contributed by atoms with Crippen LogP contribution >= 0.6 is 22.6 Å². The maximum atomic E-state index is 13.0. The lowest BCUT2D eigenvalue weighted by atomic mass is 10.0. The summed E-state index contributed by atoms with van der Waals surface area (Å²) in [7, 11) is 0. The van der Waals surface area contributed by atoms with Crippen LogP contribution in [0.15, 0.2) is 60.7 Å². The summed E-state index contributed by atoms with van der Waals surface area (Å²) in [6, 6.07) is 19.0. The summed E-state index contributed by atoms with van der Waals surface area (Å²) in [5.74, 6) is -0.220. The van der Waals surface area contributed by atoms with Crippen LogP contribution in [-0.2, 0) is 0 Å². The first-order valence-electron chi connectivity index (χ1n) is 9.01. The molecule has 1 fully saturated rings. The molecule has 0 radical (unpaired) electrons. The molecule has 0 spiro atoms. The molecule has 1 N–H and O–H groups in total. The van der Waals surface area contributed by atoms with Crippen molar-refractivity contribution in [3.8, 4) is 0 Å². The zero-order valence-corrected chi connectivity index (χ0v) is 16.9. The van der Waals surface area contributed by atoms with Gasteiger partial charge in [-0.05, 0) is 70.5 Å². The second kappa shape index (κ2) is 7.68. The molecule has 1 heterocycles. The normalized spacial score (nSPS) is 13.7. The van der Waals surface area contributed by atoms with Crippen molar-refractivity contribution in [1.29, 1.82) is 0 Å². The van der Waals surface area contributed by atoms with Crippen LogP contribution in [0, 0.1) is 3.57 Å². The Morgan fingerprint density at radius 1 is 0.889 bits per heavy atom. The molecule has 0 aliphatic carbocycles. The van der Waals surface area contributed by atoms with Crippen molar-refractivity contribution in [2.24, 2.45) is 0 Å². The Hall–Kier alpha value is -2.41. The highest BCUT2D eigenvalue weighted by molar-refractivity contribution is 14.1. The number of likely N-dealkylation sites (tertiary alicyclic amines) is 1. The molecular weight excluding hydrogens is 451 g/mol. The third-order valence-electron chi connectivity index (χ3n) is 4.89. The van der Waals surface area contributed by atoms with Crippen molar-refractivity contribution in [2.45, 2.75) is 12.8 Å². The summed E-state index contributed by atoms with van der Waals surface area (Å²) in [5.41, 5.74) is 1.72. The van der Waals surface area contributed by atoms with Crippen molar-refractivity contribution in [2.75, 3.05) is 18.4 Å². The van der Waals surface area contributed by atoms with Crippen molar-refractivity contribution < 1.29 is 9.59 Å². The Labute approximate surface area is 171 Å². The van der Waals surface area contributed by atoms with Crippen LogP contribution < -0.4 is 5.32 Å². The van der Waals surface area contributed by atoms with Gasteiger partial charge in [-0.3, -0.25) is 9.59 Å². The molecule has 1 aliphatic rings. The van der Waals surface area contributed by atoms with Crippen LogP contribution in [0.4, 0.5) is 5.69 Å². The number of nitrogens with one attached hydrogen (secondary N) is 1. The summed E-state index contributed by atoms with van der Waals surface area (Å²) in [4.78, 5) is 27.8. The number of rotatable bonds is 3. The van der Waals surface area contributed by atoms with E-state index in [4.69, 9.17) is 0 Å². The van der Waals surface area contributed by atoms with E-state index in [0.717, 1.165) is 40.3 Å². The third kappa shape index (κ3) is 3.69. The molecule has 2 amide bonds. The Morgan fingerprint density at radius 3 is 2.44 bits per heavy atom. The highest BCUT2D eigenvalue weighted by atomic mass is 127. The van der Waals surface area contributed by atoms with E-state index >= 15 is 0 Å². The highest BCUT2D eigenvalue weighted by Crippen LogP contribution is 2.25. The standard InChI is InChI=1S/C22H19IN2O2/c23-16-10-11-20(19(14-16)22(27)25-12-3-4-13-25)24-21(26)18-9-5-7-15-6-1-2-8-17(15)18/h1-2,5-11,14H,3-4,12-13H2,(H,24,26). The van der Waals surface area contributed by atoms with E-state index < -0.39 is 0 Å². The fourth-order valence-corrected chi connectivity index (χ4v) is 4.00. The number of anilines is 1. The summed E-state index contributed by atoms with van der Waals surface area (Å²) in [6.45, 7) is 1.56. The molecule has 136 valence electrons. The number of nitrogens with zero attached hydrogens (tertiary/aromatic N) is 1. The largest absolute Gasteiger partial charge is 0.339 e. The Kier molecular flexibility index (Phi) is 5.11. The number of halogens is 1. The molecule has 0 bridgehead atoms. The minimum Gasteiger partial charge on any atom is -0.339 e. The third-order valence-corrected chi connectivity index (χ3v) is 5.56. The predicted octanol–water partition coefficient (Wildman–Crippen LogP) is 4.93. The minimum atomic E-state index is -0.205. The number of amides is 2. The zero-order valence-electron chi connectivity index (χ0n) is 14.7. The zero-order chi connectivity index (χ0) is 18.8. The van der Waals surface area contributed by atoms with Gasteiger partial charge in [0.15, 0.2) is 0 Å². The van der Waals surface area contributed by atoms with Gasteiger partial charge in [-0.2, -0.15) is 0 Å². The second-order valence-electron chi connectivity index (χ2n) is 6.67. The average molecular weight is 470 g/mol. The molecule has 0 unspecified atom stereocenters. The number of carbonyl (C=O) groups is 2. The molecule has 27 heavy (non-hydrogen) atoms. The maximum absolute atomic E-state index is 13.0. The van der Waals surface area contributed by atoms with E-state index in [9.17, 15) is 9.59 Å². The van der Waals surface area contributed by atoms with E-state index in [2.05, 4.69) is 27.9 Å². The van der Waals surface area contributed by atoms with Crippen molar-refractivity contribution in [3.63, 3.8) is 0 Å². The molecule has 3 aromatic carbocycles. The topological polar surface area (TPSA) is 49.4 Å². The molecule has 4 nitrogen and oxygen atoms in total. The van der Waals surface area contributed by atoms with Gasteiger partial charge >= 0.3 is 0 Å². The van der Waals surface area contributed by atoms with Crippen molar-refractivity contribution in [1.82, 2.24) is 4.90 Å². The quantitative estimate of drug-likeness (QED) is 0.552. The lowest BCUT2D eigenvalue weighted by molar-refractivity contribution is 0.0794. The lowest BCUT2D eigenvalue weighted by Gasteiger charge is -2.18. The predicted molar refractivity (Wildman–Crippen MR) is 116 cm³/mol. The second-order valence-corrected chi connectivity index (χ2v) is 7.92. The molecule has 0 aromatic heterocycles. The fourth-order valence-electron chi connectivity index (χ4n) is 3.51. The molecular formula is C22H19IN2O2. The number of benzene rings is 3. The molecule has 1 aliphatic heterocycles. The van der Waals surface area contributed by atoms with Gasteiger partial charge in [0.05, 0.1) is 11.3 Å². The first-order chi connectivity index (χ1) is 13.1. The number of carbonyl (C=O) groups excluding carboxylic acids is 2. The summed E-state index contributed by atoms with van der Waals surface area (Å²) >= 11 is 2.19. The van der Waals surface area contributed by atoms with E-state index in [1.54, 1.807) is 0 Å². The van der Waals surface area contributed by atoms with Gasteiger partial charge in [0, 0.05) is 22.2 Å². The van der Waals surface area contributed by atoms with Crippen LogP contribution in [0.1, 0.15) is 33.6 Å².